The van der Waals surface area contributed by atoms with Crippen LogP contribution in [0.2, 0.25) is 0 Å². The number of halogens is 1. The van der Waals surface area contributed by atoms with Gasteiger partial charge in [-0.05, 0) is 12.1 Å². The number of rotatable bonds is 4. The number of carbonyl (C=O) groups excluding carboxylic acids is 1. The summed E-state index contributed by atoms with van der Waals surface area (Å²) in [6, 6.07) is 2.55. The fraction of sp³-hybridized carbons (Fsp3) is 0.417. The Morgan fingerprint density at radius 1 is 1.48 bits per heavy atom. The number of amides is 1. The van der Waals surface area contributed by atoms with Crippen molar-refractivity contribution < 1.29 is 22.3 Å². The second kappa shape index (κ2) is 6.06. The van der Waals surface area contributed by atoms with Crippen LogP contribution in [0.15, 0.2) is 23.1 Å². The van der Waals surface area contributed by atoms with Crippen molar-refractivity contribution in [3.63, 3.8) is 0 Å². The van der Waals surface area contributed by atoms with Gasteiger partial charge in [-0.3, -0.25) is 4.79 Å². The molecule has 21 heavy (non-hydrogen) atoms. The average molecular weight is 317 g/mol. The molecule has 1 saturated heterocycles. The Morgan fingerprint density at radius 3 is 2.81 bits per heavy atom. The van der Waals surface area contributed by atoms with Crippen LogP contribution in [-0.2, 0) is 26.1 Å². The molecule has 0 aromatic heterocycles. The zero-order chi connectivity index (χ0) is 15.6. The van der Waals surface area contributed by atoms with Crippen molar-refractivity contribution in [3.05, 3.63) is 29.6 Å². The van der Waals surface area contributed by atoms with Crippen LogP contribution in [0.5, 0.6) is 0 Å². The number of benzene rings is 1. The lowest BCUT2D eigenvalue weighted by Gasteiger charge is -2.32. The summed E-state index contributed by atoms with van der Waals surface area (Å²) in [6.45, 7) is -0.290. The highest BCUT2D eigenvalue weighted by Crippen LogP contribution is 2.25. The number of morpholine rings is 1. The number of carbonyl (C=O) groups is 1. The minimum absolute atomic E-state index is 0.0313. The topological polar surface area (TPSA) is 116 Å². The minimum atomic E-state index is -4.09. The highest BCUT2D eigenvalue weighted by atomic mass is 32.2. The molecule has 9 heteroatoms. The zero-order valence-corrected chi connectivity index (χ0v) is 12.0. The maximum absolute atomic E-state index is 13.7. The first-order valence-corrected chi connectivity index (χ1v) is 7.70. The molecule has 1 aromatic carbocycles. The van der Waals surface area contributed by atoms with Gasteiger partial charge in [0.15, 0.2) is 0 Å². The van der Waals surface area contributed by atoms with E-state index in [0.29, 0.717) is 0 Å². The standard InChI is InChI=1S/C12H16FN3O4S/c13-9-2-1-3-11(8(9)6-14)21(18,19)16-4-5-20-7-10(16)12(15)17/h1-3,10H,4-7,14H2,(H2,15,17). The number of ether oxygens (including phenoxy) is 1. The third-order valence-corrected chi connectivity index (χ3v) is 5.27. The number of nitrogens with two attached hydrogens (primary N) is 2. The Bertz CT molecular complexity index is 650. The molecule has 1 amide bonds. The molecule has 0 saturated carbocycles. The van der Waals surface area contributed by atoms with Crippen LogP contribution >= 0.6 is 0 Å². The summed E-state index contributed by atoms with van der Waals surface area (Å²) >= 11 is 0. The molecular formula is C12H16FN3O4S. The largest absolute Gasteiger partial charge is 0.378 e. The third-order valence-electron chi connectivity index (χ3n) is 3.27. The van der Waals surface area contributed by atoms with Gasteiger partial charge in [0.1, 0.15) is 11.9 Å². The predicted molar refractivity (Wildman–Crippen MR) is 72.0 cm³/mol. The van der Waals surface area contributed by atoms with E-state index in [1.165, 1.54) is 12.1 Å². The van der Waals surface area contributed by atoms with Gasteiger partial charge in [0.25, 0.3) is 0 Å². The van der Waals surface area contributed by atoms with Crippen LogP contribution in [-0.4, -0.2) is 44.4 Å². The number of primary amides is 1. The average Bonchev–Trinajstić information content (AvgIpc) is 2.46. The third kappa shape index (κ3) is 2.91. The van der Waals surface area contributed by atoms with E-state index in [0.717, 1.165) is 10.4 Å². The van der Waals surface area contributed by atoms with Gasteiger partial charge in [0.05, 0.1) is 18.1 Å². The quantitative estimate of drug-likeness (QED) is 0.751. The molecule has 2 rings (SSSR count). The SMILES string of the molecule is NCc1c(F)cccc1S(=O)(=O)N1CCOCC1C(N)=O. The Morgan fingerprint density at radius 2 is 2.19 bits per heavy atom. The second-order valence-electron chi connectivity index (χ2n) is 4.53. The van der Waals surface area contributed by atoms with Gasteiger partial charge in [0, 0.05) is 18.7 Å². The highest BCUT2D eigenvalue weighted by molar-refractivity contribution is 7.89. The van der Waals surface area contributed by atoms with E-state index in [1.807, 2.05) is 0 Å². The molecule has 1 aromatic rings. The van der Waals surface area contributed by atoms with E-state index in [2.05, 4.69) is 0 Å². The van der Waals surface area contributed by atoms with Gasteiger partial charge in [-0.25, -0.2) is 12.8 Å². The van der Waals surface area contributed by atoms with Crippen LogP contribution in [0.25, 0.3) is 0 Å². The molecule has 1 aliphatic heterocycles. The van der Waals surface area contributed by atoms with Gasteiger partial charge in [-0.2, -0.15) is 4.31 Å². The van der Waals surface area contributed by atoms with Crippen LogP contribution < -0.4 is 11.5 Å². The normalized spacial score (nSPS) is 20.4. The lowest BCUT2D eigenvalue weighted by molar-refractivity contribution is -0.125. The first-order chi connectivity index (χ1) is 9.89. The number of hydrogen-bond donors (Lipinski definition) is 2. The van der Waals surface area contributed by atoms with Crippen molar-refractivity contribution in [1.29, 1.82) is 0 Å². The molecule has 1 heterocycles. The fourth-order valence-corrected chi connectivity index (χ4v) is 4.02. The molecule has 0 radical (unpaired) electrons. The van der Waals surface area contributed by atoms with Crippen molar-refractivity contribution in [3.8, 4) is 0 Å². The Hall–Kier alpha value is -1.55. The predicted octanol–water partition coefficient (Wildman–Crippen LogP) is -0.841. The molecule has 0 aliphatic carbocycles. The lowest BCUT2D eigenvalue weighted by atomic mass is 10.2. The summed E-state index contributed by atoms with van der Waals surface area (Å²) in [7, 11) is -4.09. The summed E-state index contributed by atoms with van der Waals surface area (Å²) in [5.74, 6) is -1.52. The minimum Gasteiger partial charge on any atom is -0.378 e. The monoisotopic (exact) mass is 317 g/mol. The first kappa shape index (κ1) is 15.8. The van der Waals surface area contributed by atoms with Crippen molar-refractivity contribution in [2.75, 3.05) is 19.8 Å². The van der Waals surface area contributed by atoms with Crippen molar-refractivity contribution in [2.45, 2.75) is 17.5 Å². The van der Waals surface area contributed by atoms with Crippen LogP contribution in [0.3, 0.4) is 0 Å². The van der Waals surface area contributed by atoms with E-state index in [9.17, 15) is 17.6 Å². The van der Waals surface area contributed by atoms with E-state index >= 15 is 0 Å². The summed E-state index contributed by atoms with van der Waals surface area (Å²) in [6.07, 6.45) is 0. The van der Waals surface area contributed by atoms with Gasteiger partial charge in [0.2, 0.25) is 15.9 Å². The van der Waals surface area contributed by atoms with Crippen LogP contribution in [0.4, 0.5) is 4.39 Å². The van der Waals surface area contributed by atoms with E-state index in [4.69, 9.17) is 16.2 Å². The summed E-state index contributed by atoms with van der Waals surface area (Å²) in [5.41, 5.74) is 10.5. The van der Waals surface area contributed by atoms with Crippen molar-refractivity contribution in [2.24, 2.45) is 11.5 Å². The van der Waals surface area contributed by atoms with Crippen molar-refractivity contribution in [1.82, 2.24) is 4.31 Å². The Balaban J connectivity index is 2.51. The molecule has 1 fully saturated rings. The molecule has 4 N–H and O–H groups in total. The molecule has 0 spiro atoms. The molecule has 1 atom stereocenters. The highest BCUT2D eigenvalue weighted by Gasteiger charge is 2.38. The number of hydrogen-bond acceptors (Lipinski definition) is 5. The summed E-state index contributed by atoms with van der Waals surface area (Å²) in [5, 5.41) is 0. The molecule has 1 unspecified atom stereocenters. The number of sulfonamides is 1. The molecule has 116 valence electrons. The first-order valence-electron chi connectivity index (χ1n) is 6.26. The smallest absolute Gasteiger partial charge is 0.244 e. The second-order valence-corrected chi connectivity index (χ2v) is 6.39. The van der Waals surface area contributed by atoms with E-state index < -0.39 is 27.8 Å². The van der Waals surface area contributed by atoms with Gasteiger partial charge >= 0.3 is 0 Å². The maximum Gasteiger partial charge on any atom is 0.244 e. The molecule has 0 bridgehead atoms. The van der Waals surface area contributed by atoms with E-state index in [-0.39, 0.29) is 36.8 Å². The van der Waals surface area contributed by atoms with Gasteiger partial charge < -0.3 is 16.2 Å². The summed E-state index contributed by atoms with van der Waals surface area (Å²) in [4.78, 5) is 11.1. The lowest BCUT2D eigenvalue weighted by Crippen LogP contribution is -2.54. The number of nitrogens with zero attached hydrogens (tertiary/aromatic N) is 1. The van der Waals surface area contributed by atoms with Crippen molar-refractivity contribution >= 4 is 15.9 Å². The van der Waals surface area contributed by atoms with Crippen LogP contribution in [0.1, 0.15) is 5.56 Å². The maximum atomic E-state index is 13.7. The van der Waals surface area contributed by atoms with Crippen LogP contribution in [0, 0.1) is 5.82 Å². The molecule has 7 nitrogen and oxygen atoms in total. The van der Waals surface area contributed by atoms with E-state index in [1.54, 1.807) is 0 Å². The van der Waals surface area contributed by atoms with Gasteiger partial charge in [-0.15, -0.1) is 0 Å². The molecule has 1 aliphatic rings. The van der Waals surface area contributed by atoms with Gasteiger partial charge in [-0.1, -0.05) is 6.07 Å². The zero-order valence-electron chi connectivity index (χ0n) is 11.2. The fourth-order valence-electron chi connectivity index (χ4n) is 2.21. The Kier molecular flexibility index (Phi) is 4.57. The Labute approximate surface area is 121 Å². The summed E-state index contributed by atoms with van der Waals surface area (Å²) < 4.78 is 45.1. The molecular weight excluding hydrogens is 301 g/mol.